The second-order valence-electron chi connectivity index (χ2n) is 7.45. The van der Waals surface area contributed by atoms with Crippen molar-refractivity contribution >= 4 is 33.4 Å². The first-order chi connectivity index (χ1) is 13.9. The monoisotopic (exact) mass is 442 g/mol. The standard InChI is InChI=1S/C21H34N2O4S2/c1-3-15-27-19-12-10-18(11-13-19)23(29(2,25)26)17-21(24)22-14-7-16-28-20-8-5-4-6-9-20/h10-13,20H,3-9,14-17H2,1-2H3,(H,22,24). The summed E-state index contributed by atoms with van der Waals surface area (Å²) < 4.78 is 31.0. The number of rotatable bonds is 12. The van der Waals surface area contributed by atoms with Crippen molar-refractivity contribution in [3.8, 4) is 5.75 Å². The summed E-state index contributed by atoms with van der Waals surface area (Å²) in [7, 11) is -3.57. The molecule has 0 spiro atoms. The number of amides is 1. The summed E-state index contributed by atoms with van der Waals surface area (Å²) in [6, 6.07) is 6.79. The van der Waals surface area contributed by atoms with Crippen molar-refractivity contribution in [2.24, 2.45) is 0 Å². The predicted octanol–water partition coefficient (Wildman–Crippen LogP) is 3.81. The highest BCUT2D eigenvalue weighted by Crippen LogP contribution is 2.28. The van der Waals surface area contributed by atoms with Crippen molar-refractivity contribution < 1.29 is 17.9 Å². The molecule has 0 saturated heterocycles. The molecule has 0 aliphatic heterocycles. The molecule has 0 bridgehead atoms. The van der Waals surface area contributed by atoms with Crippen molar-refractivity contribution in [1.82, 2.24) is 5.32 Å². The maximum atomic E-state index is 12.3. The highest BCUT2D eigenvalue weighted by atomic mass is 32.2. The number of hydrogen-bond acceptors (Lipinski definition) is 5. The number of carbonyl (C=O) groups is 1. The van der Waals surface area contributed by atoms with Gasteiger partial charge in [-0.1, -0.05) is 26.2 Å². The smallest absolute Gasteiger partial charge is 0.240 e. The van der Waals surface area contributed by atoms with Crippen LogP contribution in [-0.2, 0) is 14.8 Å². The van der Waals surface area contributed by atoms with Gasteiger partial charge in [-0.05, 0) is 55.7 Å². The van der Waals surface area contributed by atoms with E-state index in [-0.39, 0.29) is 12.5 Å². The summed E-state index contributed by atoms with van der Waals surface area (Å²) in [5.74, 6) is 1.42. The molecule has 0 heterocycles. The van der Waals surface area contributed by atoms with Crippen LogP contribution in [0.4, 0.5) is 5.69 Å². The van der Waals surface area contributed by atoms with E-state index in [1.807, 2.05) is 18.7 Å². The molecule has 1 amide bonds. The second kappa shape index (κ2) is 12.3. The first-order valence-corrected chi connectivity index (χ1v) is 13.4. The molecule has 1 aliphatic rings. The average Bonchev–Trinajstić information content (AvgIpc) is 2.71. The van der Waals surface area contributed by atoms with Gasteiger partial charge in [-0.2, -0.15) is 11.8 Å². The highest BCUT2D eigenvalue weighted by Gasteiger charge is 2.21. The van der Waals surface area contributed by atoms with Crippen molar-refractivity contribution in [3.63, 3.8) is 0 Å². The fraction of sp³-hybridized carbons (Fsp3) is 0.667. The maximum Gasteiger partial charge on any atom is 0.240 e. The Morgan fingerprint density at radius 2 is 1.90 bits per heavy atom. The Morgan fingerprint density at radius 3 is 2.52 bits per heavy atom. The molecule has 0 unspecified atom stereocenters. The largest absolute Gasteiger partial charge is 0.494 e. The molecule has 0 aromatic heterocycles. The number of nitrogens with one attached hydrogen (secondary N) is 1. The Kier molecular flexibility index (Phi) is 10.1. The van der Waals surface area contributed by atoms with E-state index in [0.717, 1.165) is 34.4 Å². The van der Waals surface area contributed by atoms with Gasteiger partial charge < -0.3 is 10.1 Å². The molecule has 1 aliphatic carbocycles. The number of anilines is 1. The molecular weight excluding hydrogens is 408 g/mol. The number of hydrogen-bond donors (Lipinski definition) is 1. The van der Waals surface area contributed by atoms with Gasteiger partial charge in [0, 0.05) is 11.8 Å². The van der Waals surface area contributed by atoms with Gasteiger partial charge >= 0.3 is 0 Å². The van der Waals surface area contributed by atoms with Crippen molar-refractivity contribution in [1.29, 1.82) is 0 Å². The predicted molar refractivity (Wildman–Crippen MR) is 121 cm³/mol. The van der Waals surface area contributed by atoms with E-state index in [2.05, 4.69) is 5.32 Å². The fourth-order valence-corrected chi connectivity index (χ4v) is 5.46. The van der Waals surface area contributed by atoms with Crippen LogP contribution in [0.15, 0.2) is 24.3 Å². The average molecular weight is 443 g/mol. The molecule has 1 fully saturated rings. The molecule has 6 nitrogen and oxygen atoms in total. The quantitative estimate of drug-likeness (QED) is 0.498. The maximum absolute atomic E-state index is 12.3. The third kappa shape index (κ3) is 8.86. The Labute approximate surface area is 179 Å². The van der Waals surface area contributed by atoms with E-state index in [9.17, 15) is 13.2 Å². The third-order valence-electron chi connectivity index (χ3n) is 4.83. The molecule has 2 rings (SSSR count). The first-order valence-electron chi connectivity index (χ1n) is 10.5. The minimum Gasteiger partial charge on any atom is -0.494 e. The lowest BCUT2D eigenvalue weighted by Crippen LogP contribution is -2.40. The van der Waals surface area contributed by atoms with E-state index in [4.69, 9.17) is 4.74 Å². The molecular formula is C21H34N2O4S2. The van der Waals surface area contributed by atoms with Crippen LogP contribution in [0.1, 0.15) is 51.9 Å². The molecule has 1 N–H and O–H groups in total. The summed E-state index contributed by atoms with van der Waals surface area (Å²) in [4.78, 5) is 12.3. The molecule has 0 atom stereocenters. The Bertz CT molecular complexity index is 717. The van der Waals surface area contributed by atoms with E-state index in [0.29, 0.717) is 24.6 Å². The van der Waals surface area contributed by atoms with Gasteiger partial charge in [0.2, 0.25) is 15.9 Å². The van der Waals surface area contributed by atoms with Gasteiger partial charge in [0.05, 0.1) is 18.6 Å². The van der Waals surface area contributed by atoms with Crippen molar-refractivity contribution in [2.45, 2.75) is 57.1 Å². The van der Waals surface area contributed by atoms with Crippen molar-refractivity contribution in [3.05, 3.63) is 24.3 Å². The third-order valence-corrected chi connectivity index (χ3v) is 7.44. The second-order valence-corrected chi connectivity index (χ2v) is 10.8. The molecule has 29 heavy (non-hydrogen) atoms. The minimum absolute atomic E-state index is 0.218. The summed E-state index contributed by atoms with van der Waals surface area (Å²) in [6.45, 7) is 2.98. The normalized spacial score (nSPS) is 15.1. The zero-order valence-corrected chi connectivity index (χ0v) is 19.2. The number of nitrogens with zero attached hydrogens (tertiary/aromatic N) is 1. The van der Waals surface area contributed by atoms with Crippen LogP contribution >= 0.6 is 11.8 Å². The Hall–Kier alpha value is -1.41. The van der Waals surface area contributed by atoms with Crippen LogP contribution in [0.2, 0.25) is 0 Å². The van der Waals surface area contributed by atoms with Gasteiger partial charge in [-0.3, -0.25) is 9.10 Å². The summed E-state index contributed by atoms with van der Waals surface area (Å²) >= 11 is 2.00. The lowest BCUT2D eigenvalue weighted by Gasteiger charge is -2.22. The van der Waals surface area contributed by atoms with Crippen LogP contribution in [0.3, 0.4) is 0 Å². The minimum atomic E-state index is -3.57. The summed E-state index contributed by atoms with van der Waals surface area (Å²) in [6.07, 6.45) is 9.56. The summed E-state index contributed by atoms with van der Waals surface area (Å²) in [5.41, 5.74) is 0.458. The van der Waals surface area contributed by atoms with E-state index in [1.54, 1.807) is 24.3 Å². The highest BCUT2D eigenvalue weighted by molar-refractivity contribution is 7.99. The van der Waals surface area contributed by atoms with Crippen LogP contribution < -0.4 is 14.4 Å². The molecule has 164 valence electrons. The number of carbonyl (C=O) groups excluding carboxylic acids is 1. The van der Waals surface area contributed by atoms with Crippen LogP contribution in [0.5, 0.6) is 5.75 Å². The van der Waals surface area contributed by atoms with E-state index >= 15 is 0 Å². The van der Waals surface area contributed by atoms with Crippen LogP contribution in [-0.4, -0.2) is 51.3 Å². The molecule has 1 aromatic carbocycles. The van der Waals surface area contributed by atoms with Gasteiger partial charge in [-0.15, -0.1) is 0 Å². The molecule has 8 heteroatoms. The lowest BCUT2D eigenvalue weighted by atomic mass is 10.0. The number of thioether (sulfide) groups is 1. The zero-order valence-electron chi connectivity index (χ0n) is 17.6. The van der Waals surface area contributed by atoms with Gasteiger partial charge in [-0.25, -0.2) is 8.42 Å². The van der Waals surface area contributed by atoms with Crippen LogP contribution in [0.25, 0.3) is 0 Å². The molecule has 1 saturated carbocycles. The lowest BCUT2D eigenvalue weighted by molar-refractivity contribution is -0.119. The van der Waals surface area contributed by atoms with Gasteiger partial charge in [0.15, 0.2) is 0 Å². The van der Waals surface area contributed by atoms with Gasteiger partial charge in [0.25, 0.3) is 0 Å². The number of sulfonamides is 1. The SMILES string of the molecule is CCCOc1ccc(N(CC(=O)NCCCSC2CCCCC2)S(C)(=O)=O)cc1. The topological polar surface area (TPSA) is 75.7 Å². The zero-order chi connectivity index (χ0) is 21.1. The first kappa shape index (κ1) is 23.9. The molecule has 1 aromatic rings. The number of benzene rings is 1. The van der Waals surface area contributed by atoms with Crippen LogP contribution in [0, 0.1) is 0 Å². The van der Waals surface area contributed by atoms with E-state index in [1.165, 1.54) is 32.1 Å². The van der Waals surface area contributed by atoms with Gasteiger partial charge in [0.1, 0.15) is 12.3 Å². The van der Waals surface area contributed by atoms with E-state index < -0.39 is 10.0 Å². The summed E-state index contributed by atoms with van der Waals surface area (Å²) in [5, 5.41) is 3.62. The Balaban J connectivity index is 1.79. The number of ether oxygens (including phenoxy) is 1. The van der Waals surface area contributed by atoms with Crippen molar-refractivity contribution in [2.75, 3.05) is 36.0 Å². The fourth-order valence-electron chi connectivity index (χ4n) is 3.30. The Morgan fingerprint density at radius 1 is 1.21 bits per heavy atom. The molecule has 0 radical (unpaired) electrons.